The molecule has 1 fully saturated rings. The van der Waals surface area contributed by atoms with Crippen LogP contribution in [0.25, 0.3) is 0 Å². The molecular formula is C19H21Cl2NO3S. The average molecular weight is 414 g/mol. The van der Waals surface area contributed by atoms with E-state index in [0.29, 0.717) is 35.4 Å². The third-order valence-corrected chi connectivity index (χ3v) is 6.82. The van der Waals surface area contributed by atoms with Crippen LogP contribution in [0.2, 0.25) is 10.0 Å². The summed E-state index contributed by atoms with van der Waals surface area (Å²) in [6.07, 6.45) is 1.54. The quantitative estimate of drug-likeness (QED) is 0.772. The lowest BCUT2D eigenvalue weighted by atomic mass is 9.74. The first-order valence-electron chi connectivity index (χ1n) is 8.45. The molecule has 0 radical (unpaired) electrons. The molecule has 0 atom stereocenters. The van der Waals surface area contributed by atoms with Gasteiger partial charge in [-0.05, 0) is 30.5 Å². The van der Waals surface area contributed by atoms with Crippen molar-refractivity contribution >= 4 is 33.2 Å². The summed E-state index contributed by atoms with van der Waals surface area (Å²) >= 11 is 12.2. The van der Waals surface area contributed by atoms with Crippen LogP contribution in [-0.4, -0.2) is 28.2 Å². The van der Waals surface area contributed by atoms with Crippen LogP contribution in [0.4, 0.5) is 0 Å². The van der Waals surface area contributed by atoms with Crippen LogP contribution in [0.1, 0.15) is 24.0 Å². The zero-order valence-electron chi connectivity index (χ0n) is 14.3. The van der Waals surface area contributed by atoms with Gasteiger partial charge in [-0.2, -0.15) is 0 Å². The van der Waals surface area contributed by atoms with Crippen LogP contribution >= 0.6 is 23.2 Å². The van der Waals surface area contributed by atoms with Crippen molar-refractivity contribution in [3.05, 3.63) is 69.7 Å². The van der Waals surface area contributed by atoms with Crippen molar-refractivity contribution < 1.29 is 13.2 Å². The van der Waals surface area contributed by atoms with Gasteiger partial charge in [-0.25, -0.2) is 13.1 Å². The molecule has 3 rings (SSSR count). The van der Waals surface area contributed by atoms with E-state index < -0.39 is 10.0 Å². The van der Waals surface area contributed by atoms with Crippen LogP contribution in [0.5, 0.6) is 0 Å². The van der Waals surface area contributed by atoms with E-state index in [9.17, 15) is 8.42 Å². The Balaban J connectivity index is 1.78. The number of benzene rings is 2. The topological polar surface area (TPSA) is 55.4 Å². The Morgan fingerprint density at radius 2 is 1.58 bits per heavy atom. The fourth-order valence-electron chi connectivity index (χ4n) is 3.28. The highest BCUT2D eigenvalue weighted by Crippen LogP contribution is 2.34. The molecule has 2 aromatic rings. The van der Waals surface area contributed by atoms with Gasteiger partial charge in [0, 0.05) is 40.8 Å². The molecule has 1 aliphatic heterocycles. The minimum atomic E-state index is -3.58. The fraction of sp³-hybridized carbons (Fsp3) is 0.368. The van der Waals surface area contributed by atoms with E-state index >= 15 is 0 Å². The summed E-state index contributed by atoms with van der Waals surface area (Å²) in [6.45, 7) is 1.56. The molecule has 1 heterocycles. The van der Waals surface area contributed by atoms with E-state index in [-0.39, 0.29) is 11.2 Å². The molecule has 26 heavy (non-hydrogen) atoms. The zero-order chi connectivity index (χ0) is 18.6. The molecule has 2 aromatic carbocycles. The summed E-state index contributed by atoms with van der Waals surface area (Å²) in [6, 6.07) is 15.0. The second kappa shape index (κ2) is 8.28. The number of hydrogen-bond acceptors (Lipinski definition) is 3. The van der Waals surface area contributed by atoms with E-state index in [4.69, 9.17) is 27.9 Å². The second-order valence-corrected chi connectivity index (χ2v) is 9.16. The van der Waals surface area contributed by atoms with Crippen LogP contribution in [0, 0.1) is 0 Å². The van der Waals surface area contributed by atoms with Crippen LogP contribution < -0.4 is 4.72 Å². The second-order valence-electron chi connectivity index (χ2n) is 6.54. The van der Waals surface area contributed by atoms with E-state index in [1.165, 1.54) is 0 Å². The maximum atomic E-state index is 12.7. The molecule has 1 saturated heterocycles. The Morgan fingerprint density at radius 1 is 0.962 bits per heavy atom. The van der Waals surface area contributed by atoms with Crippen LogP contribution in [0.15, 0.2) is 48.5 Å². The molecule has 1 N–H and O–H groups in total. The molecule has 0 saturated carbocycles. The first-order valence-corrected chi connectivity index (χ1v) is 10.9. The Labute approximate surface area is 164 Å². The number of nitrogens with one attached hydrogen (secondary N) is 1. The number of sulfonamides is 1. The normalized spacial score (nSPS) is 17.2. The smallest absolute Gasteiger partial charge is 0.215 e. The van der Waals surface area contributed by atoms with Gasteiger partial charge >= 0.3 is 0 Å². The van der Waals surface area contributed by atoms with E-state index in [2.05, 4.69) is 4.72 Å². The third kappa shape index (κ3) is 4.59. The van der Waals surface area contributed by atoms with Crippen molar-refractivity contribution in [2.45, 2.75) is 24.0 Å². The van der Waals surface area contributed by atoms with Crippen molar-refractivity contribution in [3.63, 3.8) is 0 Å². The maximum Gasteiger partial charge on any atom is 0.215 e. The van der Waals surface area contributed by atoms with E-state index in [1.54, 1.807) is 18.2 Å². The van der Waals surface area contributed by atoms with Gasteiger partial charge in [-0.3, -0.25) is 0 Å². The molecule has 4 nitrogen and oxygen atoms in total. The van der Waals surface area contributed by atoms with Crippen molar-refractivity contribution in [1.29, 1.82) is 0 Å². The standard InChI is InChI=1S/C19H21Cl2NO3S/c20-17-7-4-8-18(21)16(17)13-26(23,24)22-14-19(9-11-25-12-10-19)15-5-2-1-3-6-15/h1-8,22H,9-14H2. The lowest BCUT2D eigenvalue weighted by Crippen LogP contribution is -2.44. The zero-order valence-corrected chi connectivity index (χ0v) is 16.6. The highest BCUT2D eigenvalue weighted by Gasteiger charge is 2.35. The molecule has 140 valence electrons. The first-order chi connectivity index (χ1) is 12.4. The molecule has 1 aliphatic rings. The Hall–Kier alpha value is -1.11. The Morgan fingerprint density at radius 3 is 2.19 bits per heavy atom. The minimum absolute atomic E-state index is 0.243. The highest BCUT2D eigenvalue weighted by atomic mass is 35.5. The minimum Gasteiger partial charge on any atom is -0.381 e. The lowest BCUT2D eigenvalue weighted by Gasteiger charge is -2.38. The van der Waals surface area contributed by atoms with Gasteiger partial charge in [0.1, 0.15) is 0 Å². The van der Waals surface area contributed by atoms with Gasteiger partial charge in [0.25, 0.3) is 0 Å². The monoisotopic (exact) mass is 413 g/mol. The van der Waals surface area contributed by atoms with E-state index in [1.807, 2.05) is 30.3 Å². The summed E-state index contributed by atoms with van der Waals surface area (Å²) in [4.78, 5) is 0. The molecule has 0 aliphatic carbocycles. The molecule has 0 aromatic heterocycles. The summed E-state index contributed by atoms with van der Waals surface area (Å²) in [7, 11) is -3.58. The van der Waals surface area contributed by atoms with Gasteiger partial charge in [-0.15, -0.1) is 0 Å². The largest absolute Gasteiger partial charge is 0.381 e. The predicted molar refractivity (Wildman–Crippen MR) is 105 cm³/mol. The summed E-state index contributed by atoms with van der Waals surface area (Å²) in [5.41, 5.74) is 1.28. The molecule has 0 spiro atoms. The first kappa shape index (κ1) is 19.6. The SMILES string of the molecule is O=S(=O)(Cc1c(Cl)cccc1Cl)NCC1(c2ccccc2)CCOCC1. The molecule has 7 heteroatoms. The maximum absolute atomic E-state index is 12.7. The van der Waals surface area contributed by atoms with Crippen LogP contribution in [0.3, 0.4) is 0 Å². The predicted octanol–water partition coefficient (Wildman–Crippen LogP) is 4.16. The summed E-state index contributed by atoms with van der Waals surface area (Å²) in [5.74, 6) is -0.243. The molecular weight excluding hydrogens is 393 g/mol. The average Bonchev–Trinajstić information content (AvgIpc) is 2.65. The van der Waals surface area contributed by atoms with E-state index in [0.717, 1.165) is 18.4 Å². The Bertz CT molecular complexity index is 830. The third-order valence-electron chi connectivity index (χ3n) is 4.86. The Kier molecular flexibility index (Phi) is 6.25. The van der Waals surface area contributed by atoms with Crippen molar-refractivity contribution in [2.75, 3.05) is 19.8 Å². The number of hydrogen-bond donors (Lipinski definition) is 1. The van der Waals surface area contributed by atoms with Crippen molar-refractivity contribution in [1.82, 2.24) is 4.72 Å². The molecule has 0 amide bonds. The number of rotatable bonds is 6. The lowest BCUT2D eigenvalue weighted by molar-refractivity contribution is 0.0517. The van der Waals surface area contributed by atoms with Crippen molar-refractivity contribution in [2.24, 2.45) is 0 Å². The van der Waals surface area contributed by atoms with Gasteiger partial charge in [-0.1, -0.05) is 59.6 Å². The van der Waals surface area contributed by atoms with Gasteiger partial charge < -0.3 is 4.74 Å². The molecule has 0 unspecified atom stereocenters. The number of ether oxygens (including phenoxy) is 1. The summed E-state index contributed by atoms with van der Waals surface area (Å²) in [5, 5.41) is 0.707. The van der Waals surface area contributed by atoms with Gasteiger partial charge in [0.05, 0.1) is 5.75 Å². The van der Waals surface area contributed by atoms with Gasteiger partial charge in [0.2, 0.25) is 10.0 Å². The van der Waals surface area contributed by atoms with Crippen LogP contribution in [-0.2, 0) is 25.9 Å². The highest BCUT2D eigenvalue weighted by molar-refractivity contribution is 7.88. The molecule has 0 bridgehead atoms. The number of halogens is 2. The van der Waals surface area contributed by atoms with Gasteiger partial charge in [0.15, 0.2) is 0 Å². The van der Waals surface area contributed by atoms with Crippen molar-refractivity contribution in [3.8, 4) is 0 Å². The summed E-state index contributed by atoms with van der Waals surface area (Å²) < 4.78 is 33.6. The fourth-order valence-corrected chi connectivity index (χ4v) is 5.26.